The molecule has 1 aromatic carbocycles. The van der Waals surface area contributed by atoms with Crippen molar-refractivity contribution in [1.82, 2.24) is 11.0 Å². The van der Waals surface area contributed by atoms with Gasteiger partial charge in [-0.25, -0.2) is 0 Å². The summed E-state index contributed by atoms with van der Waals surface area (Å²) < 4.78 is 38.1. The number of nitro benzene ring substituents is 2. The molecule has 1 amide bonds. The number of carbonyl (C=O) groups excluding carboxylic acids is 1. The van der Waals surface area contributed by atoms with Gasteiger partial charge >= 0.3 is 6.18 Å². The molecule has 0 radical (unpaired) electrons. The molecule has 0 saturated heterocycles. The number of hydrazine groups is 2. The molecule has 126 valence electrons. The van der Waals surface area contributed by atoms with Gasteiger partial charge in [-0.05, 0) is 6.42 Å². The van der Waals surface area contributed by atoms with Gasteiger partial charge in [0.2, 0.25) is 5.91 Å². The summed E-state index contributed by atoms with van der Waals surface area (Å²) in [6.45, 7) is 0. The van der Waals surface area contributed by atoms with Crippen LogP contribution in [-0.2, 0) is 17.4 Å². The van der Waals surface area contributed by atoms with E-state index in [1.165, 1.54) is 0 Å². The van der Waals surface area contributed by atoms with Crippen molar-refractivity contribution in [3.05, 3.63) is 43.5 Å². The summed E-state index contributed by atoms with van der Waals surface area (Å²) in [4.78, 5) is 30.7. The highest BCUT2D eigenvalue weighted by atomic mass is 19.4. The number of nitrogens with zero attached hydrogens (tertiary/aromatic N) is 2. The third kappa shape index (κ3) is 4.58. The minimum atomic E-state index is -4.99. The number of rotatable bonds is 6. The molecule has 0 fully saturated rings. The van der Waals surface area contributed by atoms with Gasteiger partial charge in [-0.2, -0.15) is 18.7 Å². The van der Waals surface area contributed by atoms with Gasteiger partial charge in [0.15, 0.2) is 0 Å². The van der Waals surface area contributed by atoms with Crippen molar-refractivity contribution in [3.8, 4) is 0 Å². The van der Waals surface area contributed by atoms with Crippen LogP contribution < -0.4 is 16.8 Å². The monoisotopic (exact) mass is 337 g/mol. The first-order valence-corrected chi connectivity index (χ1v) is 5.85. The van der Waals surface area contributed by atoms with Crippen molar-refractivity contribution in [2.24, 2.45) is 5.84 Å². The second-order valence-corrected chi connectivity index (χ2v) is 4.20. The highest BCUT2D eigenvalue weighted by molar-refractivity contribution is 5.76. The van der Waals surface area contributed by atoms with E-state index >= 15 is 0 Å². The molecule has 10 nitrogen and oxygen atoms in total. The molecule has 0 atom stereocenters. The fraction of sp³-hybridized carbons (Fsp3) is 0.300. The van der Waals surface area contributed by atoms with Gasteiger partial charge in [0.05, 0.1) is 15.4 Å². The summed E-state index contributed by atoms with van der Waals surface area (Å²) in [6.07, 6.45) is -5.97. The molecular formula is C10H10F3N5O5. The van der Waals surface area contributed by atoms with Crippen molar-refractivity contribution in [3.63, 3.8) is 0 Å². The number of nitro groups is 2. The number of benzene rings is 1. The van der Waals surface area contributed by atoms with E-state index in [9.17, 15) is 38.2 Å². The average Bonchev–Trinajstić information content (AvgIpc) is 2.43. The summed E-state index contributed by atoms with van der Waals surface area (Å²) >= 11 is 0. The minimum Gasteiger partial charge on any atom is -0.278 e. The van der Waals surface area contributed by atoms with E-state index in [4.69, 9.17) is 5.84 Å². The van der Waals surface area contributed by atoms with Crippen LogP contribution in [0, 0.1) is 20.2 Å². The van der Waals surface area contributed by atoms with Gasteiger partial charge < -0.3 is 0 Å². The largest absolute Gasteiger partial charge is 0.416 e. The number of carbonyl (C=O) groups is 1. The molecule has 1 rings (SSSR count). The van der Waals surface area contributed by atoms with Crippen LogP contribution in [-0.4, -0.2) is 15.8 Å². The quantitative estimate of drug-likeness (QED) is 0.396. The van der Waals surface area contributed by atoms with Crippen molar-refractivity contribution in [1.29, 1.82) is 0 Å². The molecule has 0 heterocycles. The number of hydrogen-bond acceptors (Lipinski definition) is 7. The smallest absolute Gasteiger partial charge is 0.278 e. The van der Waals surface area contributed by atoms with E-state index in [1.54, 1.807) is 5.53 Å². The fourth-order valence-electron chi connectivity index (χ4n) is 1.77. The molecule has 23 heavy (non-hydrogen) atoms. The van der Waals surface area contributed by atoms with Crippen molar-refractivity contribution in [2.75, 3.05) is 0 Å². The molecule has 0 aliphatic carbocycles. The van der Waals surface area contributed by atoms with Gasteiger partial charge in [-0.1, -0.05) is 0 Å². The lowest BCUT2D eigenvalue weighted by atomic mass is 10.0. The molecule has 1 aromatic rings. The maximum absolute atomic E-state index is 12.7. The zero-order valence-corrected chi connectivity index (χ0v) is 11.2. The zero-order valence-electron chi connectivity index (χ0n) is 11.2. The Morgan fingerprint density at radius 3 is 2.00 bits per heavy atom. The van der Waals surface area contributed by atoms with E-state index in [0.29, 0.717) is 0 Å². The molecule has 0 aliphatic heterocycles. The SMILES string of the molecule is NNNC(=O)CCc1c([N+](=O)[O-])cc(C(F)(F)F)cc1[N+](=O)[O-]. The third-order valence-electron chi connectivity index (χ3n) is 2.74. The summed E-state index contributed by atoms with van der Waals surface area (Å²) in [7, 11) is 0. The van der Waals surface area contributed by atoms with E-state index < -0.39 is 57.3 Å². The van der Waals surface area contributed by atoms with Gasteiger partial charge in [-0.15, -0.1) is 0 Å². The number of nitrogens with one attached hydrogen (secondary N) is 2. The van der Waals surface area contributed by atoms with E-state index in [2.05, 4.69) is 0 Å². The fourth-order valence-corrected chi connectivity index (χ4v) is 1.77. The number of halogens is 3. The van der Waals surface area contributed by atoms with E-state index in [0.717, 1.165) is 0 Å². The van der Waals surface area contributed by atoms with Crippen LogP contribution in [0.2, 0.25) is 0 Å². The van der Waals surface area contributed by atoms with Gasteiger partial charge in [0.1, 0.15) is 5.56 Å². The van der Waals surface area contributed by atoms with Crippen LogP contribution in [0.3, 0.4) is 0 Å². The minimum absolute atomic E-state index is 0.196. The Bertz CT molecular complexity index is 613. The van der Waals surface area contributed by atoms with Crippen LogP contribution in [0.1, 0.15) is 17.5 Å². The Kier molecular flexibility index (Phi) is 5.53. The highest BCUT2D eigenvalue weighted by Gasteiger charge is 2.37. The van der Waals surface area contributed by atoms with Crippen molar-refractivity contribution >= 4 is 17.3 Å². The van der Waals surface area contributed by atoms with Crippen molar-refractivity contribution < 1.29 is 27.8 Å². The molecule has 0 saturated carbocycles. The van der Waals surface area contributed by atoms with Crippen LogP contribution in [0.5, 0.6) is 0 Å². The lowest BCUT2D eigenvalue weighted by molar-refractivity contribution is -0.395. The normalized spacial score (nSPS) is 11.1. The van der Waals surface area contributed by atoms with Gasteiger partial charge in [0.25, 0.3) is 11.4 Å². The molecular weight excluding hydrogens is 327 g/mol. The number of amides is 1. The van der Waals surface area contributed by atoms with Gasteiger partial charge in [0, 0.05) is 18.6 Å². The molecule has 0 spiro atoms. The highest BCUT2D eigenvalue weighted by Crippen LogP contribution is 2.38. The summed E-state index contributed by atoms with van der Waals surface area (Å²) in [6, 6.07) is 0.392. The first kappa shape index (κ1) is 18.2. The van der Waals surface area contributed by atoms with Crippen molar-refractivity contribution in [2.45, 2.75) is 19.0 Å². The van der Waals surface area contributed by atoms with E-state index in [-0.39, 0.29) is 12.1 Å². The molecule has 0 aliphatic rings. The van der Waals surface area contributed by atoms with Crippen LogP contribution in [0.25, 0.3) is 0 Å². The second kappa shape index (κ2) is 6.97. The number of nitrogens with two attached hydrogens (primary N) is 1. The Morgan fingerprint density at radius 2 is 1.65 bits per heavy atom. The standard InChI is InChI=1S/C10H10F3N5O5/c11-10(12,13)5-3-7(17(20)21)6(8(4-5)18(22)23)1-2-9(19)15-16-14/h3-4,16H,1-2,14H2,(H,15,19). The summed E-state index contributed by atoms with van der Waals surface area (Å²) in [5, 5.41) is 21.9. The first-order valence-electron chi connectivity index (χ1n) is 5.85. The van der Waals surface area contributed by atoms with Gasteiger partial charge in [-0.3, -0.25) is 36.3 Å². The molecule has 4 N–H and O–H groups in total. The third-order valence-corrected chi connectivity index (χ3v) is 2.74. The Labute approximate surface area is 125 Å². The Morgan fingerprint density at radius 1 is 1.17 bits per heavy atom. The molecule has 0 aromatic heterocycles. The predicted octanol–water partition coefficient (Wildman–Crippen LogP) is 0.949. The second-order valence-electron chi connectivity index (χ2n) is 4.20. The van der Waals surface area contributed by atoms with Crippen LogP contribution in [0.15, 0.2) is 12.1 Å². The van der Waals surface area contributed by atoms with Crippen LogP contribution >= 0.6 is 0 Å². The topological polar surface area (TPSA) is 153 Å². The lowest BCUT2D eigenvalue weighted by Gasteiger charge is -2.10. The zero-order chi connectivity index (χ0) is 17.8. The predicted molar refractivity (Wildman–Crippen MR) is 68.5 cm³/mol. The lowest BCUT2D eigenvalue weighted by Crippen LogP contribution is -2.42. The summed E-state index contributed by atoms with van der Waals surface area (Å²) in [5.74, 6) is 4.05. The number of alkyl halides is 3. The molecule has 0 unspecified atom stereocenters. The summed E-state index contributed by atoms with van der Waals surface area (Å²) in [5.41, 5.74) is -0.561. The maximum atomic E-state index is 12.7. The Balaban J connectivity index is 3.38. The van der Waals surface area contributed by atoms with Crippen LogP contribution in [0.4, 0.5) is 24.5 Å². The maximum Gasteiger partial charge on any atom is 0.416 e. The number of hydrogen-bond donors (Lipinski definition) is 3. The Hall–Kier alpha value is -2.80. The average molecular weight is 337 g/mol. The van der Waals surface area contributed by atoms with E-state index in [1.807, 2.05) is 5.43 Å². The first-order chi connectivity index (χ1) is 10.6. The molecule has 13 heteroatoms. The molecule has 0 bridgehead atoms.